The minimum atomic E-state index is -1.02. The highest BCUT2D eigenvalue weighted by molar-refractivity contribution is 7.12. The molecule has 3 nitrogen and oxygen atoms in total. The van der Waals surface area contributed by atoms with E-state index in [-0.39, 0.29) is 11.7 Å². The monoisotopic (exact) mass is 401 g/mol. The predicted octanol–water partition coefficient (Wildman–Crippen LogP) is 5.16. The van der Waals surface area contributed by atoms with Crippen LogP contribution in [-0.2, 0) is 0 Å². The molecular weight excluding hydrogens is 378 g/mol. The van der Waals surface area contributed by atoms with Crippen molar-refractivity contribution in [2.24, 2.45) is 0 Å². The van der Waals surface area contributed by atoms with Gasteiger partial charge in [-0.15, -0.1) is 11.3 Å². The molecule has 0 aliphatic carbocycles. The number of benzene rings is 2. The highest BCUT2D eigenvalue weighted by Crippen LogP contribution is 2.21. The van der Waals surface area contributed by atoms with Crippen LogP contribution >= 0.6 is 11.3 Å². The van der Waals surface area contributed by atoms with Gasteiger partial charge in [-0.1, -0.05) is 30.0 Å². The van der Waals surface area contributed by atoms with Crippen LogP contribution in [0.15, 0.2) is 60.0 Å². The lowest BCUT2D eigenvalue weighted by molar-refractivity contribution is 0.0799. The van der Waals surface area contributed by atoms with Crippen LogP contribution in [0.25, 0.3) is 0 Å². The van der Waals surface area contributed by atoms with Gasteiger partial charge < -0.3 is 5.32 Å². The van der Waals surface area contributed by atoms with E-state index in [9.17, 15) is 9.59 Å². The number of carbonyl (C=O) groups excluding carboxylic acids is 2. The second-order valence-corrected chi connectivity index (χ2v) is 8.40. The number of ketones is 1. The summed E-state index contributed by atoms with van der Waals surface area (Å²) >= 11 is 1.38. The molecule has 0 radical (unpaired) electrons. The zero-order valence-electron chi connectivity index (χ0n) is 17.0. The molecule has 0 bridgehead atoms. The fourth-order valence-electron chi connectivity index (χ4n) is 3.00. The smallest absolute Gasteiger partial charge is 0.262 e. The molecule has 0 atom stereocenters. The third kappa shape index (κ3) is 4.82. The summed E-state index contributed by atoms with van der Waals surface area (Å²) in [5, 5.41) is 4.75. The van der Waals surface area contributed by atoms with E-state index in [1.54, 1.807) is 19.9 Å². The summed E-state index contributed by atoms with van der Waals surface area (Å²) in [6, 6.07) is 17.2. The van der Waals surface area contributed by atoms with Gasteiger partial charge in [0.05, 0.1) is 10.4 Å². The third-order valence-corrected chi connectivity index (χ3v) is 5.67. The summed E-state index contributed by atoms with van der Waals surface area (Å²) in [4.78, 5) is 26.3. The highest BCUT2D eigenvalue weighted by Gasteiger charge is 2.32. The van der Waals surface area contributed by atoms with Crippen LogP contribution in [0.4, 0.5) is 0 Å². The van der Waals surface area contributed by atoms with E-state index in [2.05, 4.69) is 17.2 Å². The average molecular weight is 402 g/mol. The summed E-state index contributed by atoms with van der Waals surface area (Å²) in [6.07, 6.45) is 0. The molecule has 1 heterocycles. The molecule has 3 aromatic rings. The van der Waals surface area contributed by atoms with Crippen molar-refractivity contribution in [2.45, 2.75) is 33.2 Å². The molecule has 0 saturated heterocycles. The normalized spacial score (nSPS) is 10.8. The first-order valence-electron chi connectivity index (χ1n) is 9.37. The van der Waals surface area contributed by atoms with Crippen molar-refractivity contribution in [3.63, 3.8) is 0 Å². The molecule has 3 rings (SSSR count). The molecule has 1 aromatic heterocycles. The minimum Gasteiger partial charge on any atom is -0.339 e. The van der Waals surface area contributed by atoms with Crippen molar-refractivity contribution >= 4 is 23.0 Å². The van der Waals surface area contributed by atoms with E-state index in [0.717, 1.165) is 22.3 Å². The maximum Gasteiger partial charge on any atom is 0.262 e. The fourth-order valence-corrected chi connectivity index (χ4v) is 3.82. The van der Waals surface area contributed by atoms with Gasteiger partial charge in [-0.05, 0) is 80.6 Å². The maximum atomic E-state index is 13.1. The van der Waals surface area contributed by atoms with Crippen LogP contribution in [-0.4, -0.2) is 17.2 Å². The van der Waals surface area contributed by atoms with Gasteiger partial charge in [0, 0.05) is 16.7 Å². The Bertz CT molecular complexity index is 1110. The first-order valence-corrected chi connectivity index (χ1v) is 10.2. The number of nitrogens with one attached hydrogen (secondary N) is 1. The highest BCUT2D eigenvalue weighted by atomic mass is 32.1. The Hall–Kier alpha value is -3.16. The van der Waals surface area contributed by atoms with Crippen molar-refractivity contribution in [1.82, 2.24) is 5.32 Å². The van der Waals surface area contributed by atoms with E-state index in [1.165, 1.54) is 11.3 Å². The second kappa shape index (κ2) is 8.46. The molecule has 1 N–H and O–H groups in total. The lowest BCUT2D eigenvalue weighted by atomic mass is 9.89. The van der Waals surface area contributed by atoms with E-state index < -0.39 is 5.54 Å². The van der Waals surface area contributed by atoms with Crippen LogP contribution in [0.5, 0.6) is 0 Å². The molecule has 146 valence electrons. The van der Waals surface area contributed by atoms with E-state index in [0.29, 0.717) is 10.4 Å². The summed E-state index contributed by atoms with van der Waals surface area (Å²) in [6.45, 7) is 7.25. The van der Waals surface area contributed by atoms with E-state index >= 15 is 0 Å². The molecule has 2 aromatic carbocycles. The topological polar surface area (TPSA) is 46.2 Å². The Morgan fingerprint density at radius 2 is 1.59 bits per heavy atom. The van der Waals surface area contributed by atoms with Crippen LogP contribution in [0.1, 0.15) is 56.1 Å². The summed E-state index contributed by atoms with van der Waals surface area (Å²) in [5.74, 6) is 5.91. The number of amides is 1. The molecule has 0 unspecified atom stereocenters. The quantitative estimate of drug-likeness (QED) is 0.485. The number of carbonyl (C=O) groups is 2. The number of Topliss-reactive ketones (excluding diaryl/α,β-unsaturated/α-hetero) is 1. The van der Waals surface area contributed by atoms with Gasteiger partial charge in [0.2, 0.25) is 0 Å². The molecule has 0 fully saturated rings. The van der Waals surface area contributed by atoms with Gasteiger partial charge in [0.1, 0.15) is 0 Å². The molecule has 0 saturated carbocycles. The van der Waals surface area contributed by atoms with Crippen molar-refractivity contribution in [3.05, 3.63) is 92.7 Å². The molecule has 29 heavy (non-hydrogen) atoms. The number of hydrogen-bond donors (Lipinski definition) is 1. The zero-order valence-corrected chi connectivity index (χ0v) is 17.8. The van der Waals surface area contributed by atoms with E-state index in [4.69, 9.17) is 0 Å². The third-order valence-electron chi connectivity index (χ3n) is 4.66. The average Bonchev–Trinajstić information content (AvgIpc) is 3.12. The van der Waals surface area contributed by atoms with Gasteiger partial charge in [-0.2, -0.15) is 0 Å². The second-order valence-electron chi connectivity index (χ2n) is 7.49. The number of aryl methyl sites for hydroxylation is 2. The van der Waals surface area contributed by atoms with Gasteiger partial charge >= 0.3 is 0 Å². The first kappa shape index (κ1) is 20.6. The molecule has 0 aliphatic rings. The first-order chi connectivity index (χ1) is 13.8. The molecule has 4 heteroatoms. The standard InChI is InChI=1S/C25H23NO2S/c1-17-14-15-29-22(17)24(28)26-25(3,4)23(27)21-13-12-20(16-18(21)2)11-10-19-8-6-5-7-9-19/h5-9,12-16H,1-4H3,(H,26,28). The predicted molar refractivity (Wildman–Crippen MR) is 119 cm³/mol. The van der Waals surface area contributed by atoms with Crippen LogP contribution in [0.3, 0.4) is 0 Å². The Morgan fingerprint density at radius 1 is 0.897 bits per heavy atom. The number of hydrogen-bond acceptors (Lipinski definition) is 3. The lowest BCUT2D eigenvalue weighted by Gasteiger charge is -2.25. The summed E-state index contributed by atoms with van der Waals surface area (Å²) in [5.41, 5.74) is 3.10. The largest absolute Gasteiger partial charge is 0.339 e. The van der Waals surface area contributed by atoms with Crippen molar-refractivity contribution in [1.29, 1.82) is 0 Å². The molecule has 1 amide bonds. The zero-order chi connectivity index (χ0) is 21.0. The molecule has 0 spiro atoms. The van der Waals surface area contributed by atoms with Crippen LogP contribution in [0, 0.1) is 25.7 Å². The van der Waals surface area contributed by atoms with E-state index in [1.807, 2.05) is 67.8 Å². The van der Waals surface area contributed by atoms with Crippen LogP contribution in [0.2, 0.25) is 0 Å². The Balaban J connectivity index is 1.79. The summed E-state index contributed by atoms with van der Waals surface area (Å²) in [7, 11) is 0. The Kier molecular flexibility index (Phi) is 6.00. The minimum absolute atomic E-state index is 0.125. The molecular formula is C25H23NO2S. The number of thiophene rings is 1. The number of rotatable bonds is 4. The summed E-state index contributed by atoms with van der Waals surface area (Å²) < 4.78 is 0. The van der Waals surface area contributed by atoms with Gasteiger partial charge in [-0.25, -0.2) is 0 Å². The SMILES string of the molecule is Cc1cc(C#Cc2ccccc2)ccc1C(=O)C(C)(C)NC(=O)c1sccc1C. The van der Waals surface area contributed by atoms with Crippen molar-refractivity contribution in [2.75, 3.05) is 0 Å². The van der Waals surface area contributed by atoms with Gasteiger partial charge in [-0.3, -0.25) is 9.59 Å². The Labute approximate surface area is 175 Å². The fraction of sp³-hybridized carbons (Fsp3) is 0.200. The van der Waals surface area contributed by atoms with Crippen molar-refractivity contribution in [3.8, 4) is 11.8 Å². The molecule has 0 aliphatic heterocycles. The lowest BCUT2D eigenvalue weighted by Crippen LogP contribution is -2.49. The van der Waals surface area contributed by atoms with Gasteiger partial charge in [0.25, 0.3) is 5.91 Å². The Morgan fingerprint density at radius 3 is 2.21 bits per heavy atom. The van der Waals surface area contributed by atoms with Gasteiger partial charge in [0.15, 0.2) is 5.78 Å². The van der Waals surface area contributed by atoms with Crippen LogP contribution < -0.4 is 5.32 Å². The maximum absolute atomic E-state index is 13.1. The van der Waals surface area contributed by atoms with Crippen molar-refractivity contribution < 1.29 is 9.59 Å².